The highest BCUT2D eigenvalue weighted by Crippen LogP contribution is 2.27. The first-order chi connectivity index (χ1) is 9.79. The average Bonchev–Trinajstić information content (AvgIpc) is 2.95. The van der Waals surface area contributed by atoms with Gasteiger partial charge in [0.05, 0.1) is 12.6 Å². The first-order valence-corrected chi connectivity index (χ1v) is 7.95. The number of nitrogens with zero attached hydrogens (tertiary/aromatic N) is 2. The minimum absolute atomic E-state index is 0.284. The molecule has 0 amide bonds. The van der Waals surface area contributed by atoms with E-state index in [-0.39, 0.29) is 6.04 Å². The summed E-state index contributed by atoms with van der Waals surface area (Å²) in [6.07, 6.45) is 9.87. The molecule has 0 saturated heterocycles. The predicted molar refractivity (Wildman–Crippen MR) is 77.2 cm³/mol. The Labute approximate surface area is 121 Å². The summed E-state index contributed by atoms with van der Waals surface area (Å²) in [5.74, 6) is 2.12. The topological polar surface area (TPSA) is 74.2 Å². The molecule has 2 N–H and O–H groups in total. The van der Waals surface area contributed by atoms with Crippen molar-refractivity contribution in [3.63, 3.8) is 0 Å². The van der Waals surface area contributed by atoms with Crippen molar-refractivity contribution in [2.45, 2.75) is 64.3 Å². The third kappa shape index (κ3) is 4.87. The minimum atomic E-state index is -0.284. The molecule has 114 valence electrons. The number of aryl methyl sites for hydroxylation is 1. The van der Waals surface area contributed by atoms with E-state index in [2.05, 4.69) is 17.1 Å². The van der Waals surface area contributed by atoms with E-state index in [0.717, 1.165) is 37.7 Å². The third-order valence-corrected chi connectivity index (χ3v) is 3.95. The highest BCUT2D eigenvalue weighted by atomic mass is 16.5. The molecule has 1 aromatic heterocycles. The second-order valence-corrected chi connectivity index (χ2v) is 5.77. The molecule has 0 aromatic carbocycles. The fourth-order valence-electron chi connectivity index (χ4n) is 2.75. The van der Waals surface area contributed by atoms with Gasteiger partial charge in [-0.25, -0.2) is 0 Å². The Morgan fingerprint density at radius 3 is 2.90 bits per heavy atom. The van der Waals surface area contributed by atoms with Crippen LogP contribution in [0, 0.1) is 5.92 Å². The van der Waals surface area contributed by atoms with E-state index < -0.39 is 0 Å². The summed E-state index contributed by atoms with van der Waals surface area (Å²) in [4.78, 5) is 4.39. The lowest BCUT2D eigenvalue weighted by atomic mass is 9.86. The first kappa shape index (κ1) is 15.4. The van der Waals surface area contributed by atoms with Gasteiger partial charge in [-0.05, 0) is 18.8 Å². The Morgan fingerprint density at radius 2 is 2.15 bits per heavy atom. The standard InChI is InChI=1S/C15H27N3O2/c1-2-10-19-11-13(16)15-17-14(20-18-15)9-8-12-6-4-3-5-7-12/h12-13H,2-11,16H2,1H3. The number of aromatic nitrogens is 2. The first-order valence-electron chi connectivity index (χ1n) is 7.95. The van der Waals surface area contributed by atoms with Crippen molar-refractivity contribution in [2.24, 2.45) is 11.7 Å². The van der Waals surface area contributed by atoms with E-state index in [0.29, 0.717) is 12.4 Å². The summed E-state index contributed by atoms with van der Waals surface area (Å²) in [5.41, 5.74) is 5.98. The van der Waals surface area contributed by atoms with E-state index in [1.165, 1.54) is 32.1 Å². The molecule has 5 nitrogen and oxygen atoms in total. The quantitative estimate of drug-likeness (QED) is 0.741. The summed E-state index contributed by atoms with van der Waals surface area (Å²) >= 11 is 0. The molecule has 1 unspecified atom stereocenters. The van der Waals surface area contributed by atoms with Gasteiger partial charge in [0, 0.05) is 13.0 Å². The van der Waals surface area contributed by atoms with Gasteiger partial charge < -0.3 is 15.0 Å². The number of hydrogen-bond donors (Lipinski definition) is 1. The van der Waals surface area contributed by atoms with Crippen LogP contribution in [0.3, 0.4) is 0 Å². The third-order valence-electron chi connectivity index (χ3n) is 3.95. The normalized spacial score (nSPS) is 18.3. The Bertz CT molecular complexity index is 375. The molecule has 20 heavy (non-hydrogen) atoms. The molecule has 1 atom stereocenters. The highest BCUT2D eigenvalue weighted by Gasteiger charge is 2.17. The van der Waals surface area contributed by atoms with Crippen molar-refractivity contribution in [3.8, 4) is 0 Å². The van der Waals surface area contributed by atoms with Gasteiger partial charge in [-0.1, -0.05) is 44.2 Å². The lowest BCUT2D eigenvalue weighted by Crippen LogP contribution is -2.19. The fourth-order valence-corrected chi connectivity index (χ4v) is 2.75. The number of rotatable bonds is 8. The molecule has 0 radical (unpaired) electrons. The van der Waals surface area contributed by atoms with Crippen molar-refractivity contribution in [2.75, 3.05) is 13.2 Å². The zero-order valence-electron chi connectivity index (χ0n) is 12.5. The maximum absolute atomic E-state index is 5.98. The molecule has 1 saturated carbocycles. The summed E-state index contributed by atoms with van der Waals surface area (Å²) in [7, 11) is 0. The van der Waals surface area contributed by atoms with Gasteiger partial charge in [0.25, 0.3) is 0 Å². The zero-order valence-corrected chi connectivity index (χ0v) is 12.5. The molecule has 0 aliphatic heterocycles. The lowest BCUT2D eigenvalue weighted by molar-refractivity contribution is 0.119. The van der Waals surface area contributed by atoms with Crippen molar-refractivity contribution in [3.05, 3.63) is 11.7 Å². The monoisotopic (exact) mass is 281 g/mol. The summed E-state index contributed by atoms with van der Waals surface area (Å²) in [6.45, 7) is 3.25. The van der Waals surface area contributed by atoms with E-state index in [9.17, 15) is 0 Å². The smallest absolute Gasteiger partial charge is 0.226 e. The summed E-state index contributed by atoms with van der Waals surface area (Å²) < 4.78 is 10.7. The second kappa shape index (κ2) is 8.37. The van der Waals surface area contributed by atoms with E-state index in [4.69, 9.17) is 15.0 Å². The Kier molecular flexibility index (Phi) is 6.47. The molecule has 1 aliphatic rings. The maximum atomic E-state index is 5.98. The second-order valence-electron chi connectivity index (χ2n) is 5.77. The number of hydrogen-bond acceptors (Lipinski definition) is 5. The van der Waals surface area contributed by atoms with Gasteiger partial charge in [0.2, 0.25) is 5.89 Å². The van der Waals surface area contributed by atoms with Crippen LogP contribution in [0.1, 0.15) is 69.6 Å². The van der Waals surface area contributed by atoms with Gasteiger partial charge in [-0.15, -0.1) is 0 Å². The van der Waals surface area contributed by atoms with Crippen LogP contribution in [0.2, 0.25) is 0 Å². The summed E-state index contributed by atoms with van der Waals surface area (Å²) in [6, 6.07) is -0.284. The molecule has 1 fully saturated rings. The van der Waals surface area contributed by atoms with E-state index >= 15 is 0 Å². The van der Waals surface area contributed by atoms with Crippen LogP contribution >= 0.6 is 0 Å². The Balaban J connectivity index is 1.73. The minimum Gasteiger partial charge on any atom is -0.379 e. The van der Waals surface area contributed by atoms with Crippen molar-refractivity contribution >= 4 is 0 Å². The molecule has 2 rings (SSSR count). The highest BCUT2D eigenvalue weighted by molar-refractivity contribution is 4.93. The van der Waals surface area contributed by atoms with E-state index in [1.54, 1.807) is 0 Å². The number of ether oxygens (including phenoxy) is 1. The fraction of sp³-hybridized carbons (Fsp3) is 0.867. The van der Waals surface area contributed by atoms with Crippen LogP contribution in [-0.4, -0.2) is 23.4 Å². The maximum Gasteiger partial charge on any atom is 0.226 e. The van der Waals surface area contributed by atoms with Gasteiger partial charge >= 0.3 is 0 Å². The molecule has 1 aromatic rings. The van der Waals surface area contributed by atoms with Crippen molar-refractivity contribution in [1.82, 2.24) is 10.1 Å². The van der Waals surface area contributed by atoms with Crippen LogP contribution in [0.25, 0.3) is 0 Å². The molecule has 1 heterocycles. The summed E-state index contributed by atoms with van der Waals surface area (Å²) in [5, 5.41) is 3.97. The molecule has 0 spiro atoms. The van der Waals surface area contributed by atoms with Crippen molar-refractivity contribution in [1.29, 1.82) is 0 Å². The lowest BCUT2D eigenvalue weighted by Gasteiger charge is -2.20. The van der Waals surface area contributed by atoms with Crippen LogP contribution in [0.15, 0.2) is 4.52 Å². The van der Waals surface area contributed by atoms with Gasteiger partial charge in [0.15, 0.2) is 5.82 Å². The van der Waals surface area contributed by atoms with Crippen LogP contribution in [0.4, 0.5) is 0 Å². The van der Waals surface area contributed by atoms with Crippen LogP contribution in [-0.2, 0) is 11.2 Å². The van der Waals surface area contributed by atoms with Crippen LogP contribution < -0.4 is 5.73 Å². The Morgan fingerprint density at radius 1 is 1.35 bits per heavy atom. The largest absolute Gasteiger partial charge is 0.379 e. The van der Waals surface area contributed by atoms with Gasteiger partial charge in [-0.2, -0.15) is 4.98 Å². The Hall–Kier alpha value is -0.940. The van der Waals surface area contributed by atoms with Crippen molar-refractivity contribution < 1.29 is 9.26 Å². The zero-order chi connectivity index (χ0) is 14.2. The predicted octanol–water partition coefficient (Wildman–Crippen LogP) is 3.01. The van der Waals surface area contributed by atoms with Gasteiger partial charge in [0.1, 0.15) is 0 Å². The van der Waals surface area contributed by atoms with Gasteiger partial charge in [-0.3, -0.25) is 0 Å². The molecule has 5 heteroatoms. The molecular formula is C15H27N3O2. The molecule has 1 aliphatic carbocycles. The van der Waals surface area contributed by atoms with E-state index in [1.807, 2.05) is 0 Å². The molecular weight excluding hydrogens is 254 g/mol. The SMILES string of the molecule is CCCOCC(N)c1noc(CCC2CCCCC2)n1. The average molecular weight is 281 g/mol. The molecule has 0 bridgehead atoms. The van der Waals surface area contributed by atoms with Crippen LogP contribution in [0.5, 0.6) is 0 Å². The number of nitrogens with two attached hydrogens (primary N) is 1.